The van der Waals surface area contributed by atoms with Crippen LogP contribution in [0.25, 0.3) is 33.4 Å². The van der Waals surface area contributed by atoms with Crippen molar-refractivity contribution >= 4 is 22.1 Å². The van der Waals surface area contributed by atoms with Crippen LogP contribution in [0.1, 0.15) is 5.69 Å². The highest BCUT2D eigenvalue weighted by atomic mass is 32.1. The maximum atomic E-state index is 4.78. The highest BCUT2D eigenvalue weighted by Crippen LogP contribution is 2.28. The highest BCUT2D eigenvalue weighted by Gasteiger charge is 2.11. The van der Waals surface area contributed by atoms with Crippen molar-refractivity contribution in [3.05, 3.63) is 65.0 Å². The van der Waals surface area contributed by atoms with Crippen LogP contribution in [0.4, 0.5) is 0 Å². The molecule has 2 heterocycles. The first kappa shape index (κ1) is 12.4. The Morgan fingerprint density at radius 3 is 2.62 bits per heavy atom. The van der Waals surface area contributed by atoms with Gasteiger partial charge in [-0.05, 0) is 35.2 Å². The molecule has 0 fully saturated rings. The van der Waals surface area contributed by atoms with Gasteiger partial charge in [0.2, 0.25) is 0 Å². The third kappa shape index (κ3) is 2.16. The van der Waals surface area contributed by atoms with Crippen molar-refractivity contribution in [1.82, 2.24) is 9.97 Å². The number of imidazole rings is 1. The standard InChI is InChI=1S/C18H14N2S/c1-12-17(20-18(19-12)16-8-9-21-11-16)15-7-6-13-4-2-3-5-14(13)10-15/h2-11H,1H3,(H,19,20). The first-order chi connectivity index (χ1) is 10.3. The molecule has 4 rings (SSSR count). The van der Waals surface area contributed by atoms with Crippen LogP contribution in [0.2, 0.25) is 0 Å². The third-order valence-electron chi connectivity index (χ3n) is 3.70. The summed E-state index contributed by atoms with van der Waals surface area (Å²) in [5, 5.41) is 6.69. The average molecular weight is 290 g/mol. The lowest BCUT2D eigenvalue weighted by atomic mass is 10.0. The number of aromatic amines is 1. The highest BCUT2D eigenvalue weighted by molar-refractivity contribution is 7.08. The van der Waals surface area contributed by atoms with Crippen molar-refractivity contribution in [3.63, 3.8) is 0 Å². The number of benzene rings is 2. The van der Waals surface area contributed by atoms with Gasteiger partial charge < -0.3 is 4.98 Å². The molecule has 3 heteroatoms. The maximum absolute atomic E-state index is 4.78. The van der Waals surface area contributed by atoms with Crippen LogP contribution in [0.5, 0.6) is 0 Å². The molecule has 0 bridgehead atoms. The summed E-state index contributed by atoms with van der Waals surface area (Å²) in [6.45, 7) is 2.08. The zero-order valence-electron chi connectivity index (χ0n) is 11.6. The SMILES string of the molecule is Cc1[nH]c(-c2ccsc2)nc1-c1ccc2ccccc2c1. The smallest absolute Gasteiger partial charge is 0.139 e. The Morgan fingerprint density at radius 2 is 1.81 bits per heavy atom. The van der Waals surface area contributed by atoms with E-state index in [1.807, 2.05) is 0 Å². The van der Waals surface area contributed by atoms with Crippen LogP contribution in [0.15, 0.2) is 59.3 Å². The summed E-state index contributed by atoms with van der Waals surface area (Å²) in [6.07, 6.45) is 0. The van der Waals surface area contributed by atoms with Crippen molar-refractivity contribution in [2.75, 3.05) is 0 Å². The molecule has 2 aromatic carbocycles. The number of fused-ring (bicyclic) bond motifs is 1. The molecule has 0 saturated heterocycles. The van der Waals surface area contributed by atoms with Gasteiger partial charge in [-0.2, -0.15) is 11.3 Å². The maximum Gasteiger partial charge on any atom is 0.139 e. The number of nitrogens with one attached hydrogen (secondary N) is 1. The van der Waals surface area contributed by atoms with E-state index in [1.165, 1.54) is 10.8 Å². The number of rotatable bonds is 2. The molecule has 4 aromatic rings. The average Bonchev–Trinajstić information content (AvgIpc) is 3.16. The van der Waals surface area contributed by atoms with Gasteiger partial charge >= 0.3 is 0 Å². The fourth-order valence-corrected chi connectivity index (χ4v) is 3.25. The van der Waals surface area contributed by atoms with E-state index in [0.717, 1.165) is 28.3 Å². The first-order valence-electron chi connectivity index (χ1n) is 6.89. The molecule has 102 valence electrons. The van der Waals surface area contributed by atoms with Gasteiger partial charge in [-0.15, -0.1) is 0 Å². The molecule has 1 N–H and O–H groups in total. The van der Waals surface area contributed by atoms with E-state index in [9.17, 15) is 0 Å². The number of nitrogens with zero attached hydrogens (tertiary/aromatic N) is 1. The number of H-pyrrole nitrogens is 1. The number of aromatic nitrogens is 2. The Hall–Kier alpha value is -2.39. The van der Waals surface area contributed by atoms with Crippen LogP contribution in [-0.4, -0.2) is 9.97 Å². The summed E-state index contributed by atoms with van der Waals surface area (Å²) in [4.78, 5) is 8.17. The minimum Gasteiger partial charge on any atom is -0.342 e. The molecule has 0 aliphatic carbocycles. The van der Waals surface area contributed by atoms with Gasteiger partial charge in [-0.1, -0.05) is 36.4 Å². The van der Waals surface area contributed by atoms with E-state index < -0.39 is 0 Å². The van der Waals surface area contributed by atoms with E-state index in [-0.39, 0.29) is 0 Å². The molecular weight excluding hydrogens is 276 g/mol. The molecule has 0 unspecified atom stereocenters. The lowest BCUT2D eigenvalue weighted by Crippen LogP contribution is -1.82. The Balaban J connectivity index is 1.84. The fourth-order valence-electron chi connectivity index (χ4n) is 2.61. The Bertz CT molecular complexity index is 904. The zero-order valence-corrected chi connectivity index (χ0v) is 12.4. The number of hydrogen-bond acceptors (Lipinski definition) is 2. The van der Waals surface area contributed by atoms with E-state index in [1.54, 1.807) is 11.3 Å². The molecule has 2 aromatic heterocycles. The van der Waals surface area contributed by atoms with Crippen LogP contribution in [-0.2, 0) is 0 Å². The number of aryl methyl sites for hydroxylation is 1. The van der Waals surface area contributed by atoms with E-state index >= 15 is 0 Å². The molecule has 21 heavy (non-hydrogen) atoms. The molecule has 0 saturated carbocycles. The second kappa shape index (κ2) is 4.86. The third-order valence-corrected chi connectivity index (χ3v) is 4.39. The van der Waals surface area contributed by atoms with Gasteiger partial charge in [-0.3, -0.25) is 0 Å². The summed E-state index contributed by atoms with van der Waals surface area (Å²) in [5.74, 6) is 0.942. The van der Waals surface area contributed by atoms with Crippen molar-refractivity contribution < 1.29 is 0 Å². The second-order valence-electron chi connectivity index (χ2n) is 5.13. The molecular formula is C18H14N2S. The van der Waals surface area contributed by atoms with Gasteiger partial charge in [-0.25, -0.2) is 4.98 Å². The summed E-state index contributed by atoms with van der Waals surface area (Å²) in [5.41, 5.74) is 4.44. The van der Waals surface area contributed by atoms with E-state index in [2.05, 4.69) is 71.2 Å². The molecule has 0 radical (unpaired) electrons. The molecule has 0 atom stereocenters. The Labute approximate surface area is 127 Å². The quantitative estimate of drug-likeness (QED) is 0.535. The van der Waals surface area contributed by atoms with Gasteiger partial charge in [0.15, 0.2) is 0 Å². The topological polar surface area (TPSA) is 28.7 Å². The Kier molecular flexibility index (Phi) is 2.86. The normalized spacial score (nSPS) is 11.1. The monoisotopic (exact) mass is 290 g/mol. The van der Waals surface area contributed by atoms with Crippen LogP contribution in [0, 0.1) is 6.92 Å². The van der Waals surface area contributed by atoms with Gasteiger partial charge in [0.05, 0.1) is 5.69 Å². The lowest BCUT2D eigenvalue weighted by molar-refractivity contribution is 1.26. The predicted octanol–water partition coefficient (Wildman–Crippen LogP) is 5.27. The minimum atomic E-state index is 0.942. The van der Waals surface area contributed by atoms with Gasteiger partial charge in [0.25, 0.3) is 0 Å². The number of thiophene rings is 1. The first-order valence-corrected chi connectivity index (χ1v) is 7.84. The number of hydrogen-bond donors (Lipinski definition) is 1. The summed E-state index contributed by atoms with van der Waals surface area (Å²) < 4.78 is 0. The summed E-state index contributed by atoms with van der Waals surface area (Å²) in [6, 6.07) is 17.0. The summed E-state index contributed by atoms with van der Waals surface area (Å²) >= 11 is 1.69. The largest absolute Gasteiger partial charge is 0.342 e. The molecule has 0 aliphatic rings. The van der Waals surface area contributed by atoms with Crippen LogP contribution < -0.4 is 0 Å². The summed E-state index contributed by atoms with van der Waals surface area (Å²) in [7, 11) is 0. The van der Waals surface area contributed by atoms with Crippen molar-refractivity contribution in [2.45, 2.75) is 6.92 Å². The second-order valence-corrected chi connectivity index (χ2v) is 5.91. The van der Waals surface area contributed by atoms with E-state index in [0.29, 0.717) is 0 Å². The van der Waals surface area contributed by atoms with E-state index in [4.69, 9.17) is 4.98 Å². The molecule has 0 spiro atoms. The molecule has 2 nitrogen and oxygen atoms in total. The lowest BCUT2D eigenvalue weighted by Gasteiger charge is -2.02. The van der Waals surface area contributed by atoms with Crippen molar-refractivity contribution in [3.8, 4) is 22.6 Å². The zero-order chi connectivity index (χ0) is 14.2. The van der Waals surface area contributed by atoms with Crippen LogP contribution >= 0.6 is 11.3 Å². The van der Waals surface area contributed by atoms with Gasteiger partial charge in [0.1, 0.15) is 5.82 Å². The molecule has 0 aliphatic heterocycles. The van der Waals surface area contributed by atoms with Crippen molar-refractivity contribution in [2.24, 2.45) is 0 Å². The van der Waals surface area contributed by atoms with Crippen molar-refractivity contribution in [1.29, 1.82) is 0 Å². The van der Waals surface area contributed by atoms with Gasteiger partial charge in [0, 0.05) is 22.2 Å². The molecule has 0 amide bonds. The minimum absolute atomic E-state index is 0.942. The Morgan fingerprint density at radius 1 is 0.952 bits per heavy atom. The fraction of sp³-hybridized carbons (Fsp3) is 0.0556. The predicted molar refractivity (Wildman–Crippen MR) is 89.6 cm³/mol. The van der Waals surface area contributed by atoms with Crippen LogP contribution in [0.3, 0.4) is 0 Å².